The quantitative estimate of drug-likeness (QED) is 0.622. The molecule has 1 atom stereocenters. The Morgan fingerprint density at radius 3 is 2.38 bits per heavy atom. The topological polar surface area (TPSA) is 0 Å². The van der Waals surface area contributed by atoms with E-state index in [0.29, 0.717) is 5.92 Å². The second kappa shape index (κ2) is 6.73. The zero-order valence-corrected chi connectivity index (χ0v) is 11.3. The molecule has 0 radical (unpaired) electrons. The smallest absolute Gasteiger partial charge is 0.0193 e. The molecule has 1 aromatic rings. The third kappa shape index (κ3) is 3.37. The van der Waals surface area contributed by atoms with E-state index in [9.17, 15) is 0 Å². The average Bonchev–Trinajstić information content (AvgIpc) is 2.35. The number of hydrogen-bond acceptors (Lipinski definition) is 0. The van der Waals surface area contributed by atoms with Crippen molar-refractivity contribution in [3.05, 3.63) is 34.9 Å². The first kappa shape index (κ1) is 13.3. The molecule has 0 amide bonds. The lowest BCUT2D eigenvalue weighted by atomic mass is 9.92. The minimum atomic E-state index is 0.700. The van der Waals surface area contributed by atoms with Gasteiger partial charge in [0.05, 0.1) is 0 Å². The van der Waals surface area contributed by atoms with Crippen LogP contribution in [0.3, 0.4) is 0 Å². The maximum absolute atomic E-state index is 2.43. The molecule has 1 aromatic carbocycles. The van der Waals surface area contributed by atoms with Crippen molar-refractivity contribution < 1.29 is 0 Å². The fourth-order valence-electron chi connectivity index (χ4n) is 2.13. The van der Waals surface area contributed by atoms with E-state index in [1.807, 2.05) is 0 Å². The molecule has 0 heterocycles. The van der Waals surface area contributed by atoms with Crippen LogP contribution < -0.4 is 0 Å². The highest BCUT2D eigenvalue weighted by molar-refractivity contribution is 5.33. The van der Waals surface area contributed by atoms with Crippen LogP contribution in [0.15, 0.2) is 18.2 Å². The SMILES string of the molecule is CCCCc1ccc(C(C)CC)cc1CC. The summed E-state index contributed by atoms with van der Waals surface area (Å²) in [6.45, 7) is 9.12. The summed E-state index contributed by atoms with van der Waals surface area (Å²) >= 11 is 0. The Bertz CT molecular complexity index is 312. The van der Waals surface area contributed by atoms with Crippen LogP contribution in [-0.4, -0.2) is 0 Å². The monoisotopic (exact) mass is 218 g/mol. The first-order chi connectivity index (χ1) is 7.72. The van der Waals surface area contributed by atoms with Crippen LogP contribution in [0.2, 0.25) is 0 Å². The maximum atomic E-state index is 2.43. The lowest BCUT2D eigenvalue weighted by Gasteiger charge is -2.14. The second-order valence-electron chi connectivity index (χ2n) is 4.79. The van der Waals surface area contributed by atoms with Gasteiger partial charge in [0.2, 0.25) is 0 Å². The van der Waals surface area contributed by atoms with Crippen molar-refractivity contribution in [3.8, 4) is 0 Å². The Morgan fingerprint density at radius 2 is 1.81 bits per heavy atom. The van der Waals surface area contributed by atoms with Gasteiger partial charge in [-0.3, -0.25) is 0 Å². The summed E-state index contributed by atoms with van der Waals surface area (Å²) in [5.74, 6) is 0.700. The normalized spacial score (nSPS) is 12.8. The molecule has 1 rings (SSSR count). The van der Waals surface area contributed by atoms with Crippen molar-refractivity contribution in [1.29, 1.82) is 0 Å². The summed E-state index contributed by atoms with van der Waals surface area (Å²) < 4.78 is 0. The molecular weight excluding hydrogens is 192 g/mol. The van der Waals surface area contributed by atoms with Gasteiger partial charge in [-0.15, -0.1) is 0 Å². The van der Waals surface area contributed by atoms with Gasteiger partial charge < -0.3 is 0 Å². The van der Waals surface area contributed by atoms with Gasteiger partial charge >= 0.3 is 0 Å². The molecule has 0 aromatic heterocycles. The predicted octanol–water partition coefficient (Wildman–Crippen LogP) is 5.11. The van der Waals surface area contributed by atoms with Crippen molar-refractivity contribution in [1.82, 2.24) is 0 Å². The number of hydrogen-bond donors (Lipinski definition) is 0. The third-order valence-corrected chi connectivity index (χ3v) is 3.59. The zero-order valence-electron chi connectivity index (χ0n) is 11.3. The molecular formula is C16H26. The van der Waals surface area contributed by atoms with Crippen molar-refractivity contribution in [2.45, 2.75) is 65.7 Å². The van der Waals surface area contributed by atoms with Crippen molar-refractivity contribution in [3.63, 3.8) is 0 Å². The van der Waals surface area contributed by atoms with Gasteiger partial charge in [-0.2, -0.15) is 0 Å². The molecule has 90 valence electrons. The molecule has 0 bridgehead atoms. The van der Waals surface area contributed by atoms with E-state index in [1.54, 1.807) is 11.1 Å². The highest BCUT2D eigenvalue weighted by atomic mass is 14.1. The molecule has 1 unspecified atom stereocenters. The van der Waals surface area contributed by atoms with Crippen molar-refractivity contribution in [2.75, 3.05) is 0 Å². The fraction of sp³-hybridized carbons (Fsp3) is 0.625. The highest BCUT2D eigenvalue weighted by Gasteiger charge is 2.06. The van der Waals surface area contributed by atoms with Crippen LogP contribution in [-0.2, 0) is 12.8 Å². The Kier molecular flexibility index (Phi) is 5.59. The molecule has 16 heavy (non-hydrogen) atoms. The summed E-state index contributed by atoms with van der Waals surface area (Å²) in [5, 5.41) is 0. The van der Waals surface area contributed by atoms with Crippen molar-refractivity contribution in [2.24, 2.45) is 0 Å². The molecule has 0 N–H and O–H groups in total. The maximum Gasteiger partial charge on any atom is -0.0193 e. The molecule has 0 aliphatic rings. The van der Waals surface area contributed by atoms with E-state index in [1.165, 1.54) is 37.7 Å². The summed E-state index contributed by atoms with van der Waals surface area (Å²) in [7, 11) is 0. The van der Waals surface area contributed by atoms with Gasteiger partial charge in [-0.1, -0.05) is 52.3 Å². The first-order valence-electron chi connectivity index (χ1n) is 6.84. The summed E-state index contributed by atoms with van der Waals surface area (Å²) in [4.78, 5) is 0. The molecule has 0 spiro atoms. The van der Waals surface area contributed by atoms with Gasteiger partial charge in [0.1, 0.15) is 0 Å². The minimum Gasteiger partial charge on any atom is -0.0654 e. The molecule has 0 nitrogen and oxygen atoms in total. The van der Waals surface area contributed by atoms with Gasteiger partial charge in [0.25, 0.3) is 0 Å². The van der Waals surface area contributed by atoms with Crippen LogP contribution in [0.5, 0.6) is 0 Å². The molecule has 0 aliphatic heterocycles. The average molecular weight is 218 g/mol. The first-order valence-corrected chi connectivity index (χ1v) is 6.84. The molecule has 0 aliphatic carbocycles. The number of aryl methyl sites for hydroxylation is 2. The van der Waals surface area contributed by atoms with Crippen LogP contribution in [0.25, 0.3) is 0 Å². The van der Waals surface area contributed by atoms with Crippen LogP contribution in [0.1, 0.15) is 69.6 Å². The van der Waals surface area contributed by atoms with Gasteiger partial charge in [0, 0.05) is 0 Å². The number of rotatable bonds is 6. The third-order valence-electron chi connectivity index (χ3n) is 3.59. The van der Waals surface area contributed by atoms with E-state index >= 15 is 0 Å². The van der Waals surface area contributed by atoms with Gasteiger partial charge in [-0.05, 0) is 48.3 Å². The van der Waals surface area contributed by atoms with Gasteiger partial charge in [-0.25, -0.2) is 0 Å². The van der Waals surface area contributed by atoms with E-state index in [-0.39, 0.29) is 0 Å². The van der Waals surface area contributed by atoms with E-state index in [2.05, 4.69) is 45.9 Å². The van der Waals surface area contributed by atoms with Gasteiger partial charge in [0.15, 0.2) is 0 Å². The van der Waals surface area contributed by atoms with Crippen LogP contribution in [0, 0.1) is 0 Å². The lowest BCUT2D eigenvalue weighted by Crippen LogP contribution is -1.98. The zero-order chi connectivity index (χ0) is 12.0. The number of benzene rings is 1. The summed E-state index contributed by atoms with van der Waals surface area (Å²) in [5.41, 5.74) is 4.64. The Morgan fingerprint density at radius 1 is 1.06 bits per heavy atom. The largest absolute Gasteiger partial charge is 0.0654 e. The molecule has 0 fully saturated rings. The molecule has 0 saturated carbocycles. The predicted molar refractivity (Wildman–Crippen MR) is 73.1 cm³/mol. The van der Waals surface area contributed by atoms with E-state index in [4.69, 9.17) is 0 Å². The minimum absolute atomic E-state index is 0.700. The van der Waals surface area contributed by atoms with Crippen molar-refractivity contribution >= 4 is 0 Å². The summed E-state index contributed by atoms with van der Waals surface area (Å²) in [6.07, 6.45) is 6.26. The van der Waals surface area contributed by atoms with E-state index < -0.39 is 0 Å². The lowest BCUT2D eigenvalue weighted by molar-refractivity contribution is 0.728. The molecule has 0 heteroatoms. The van der Waals surface area contributed by atoms with Crippen LogP contribution in [0.4, 0.5) is 0 Å². The Hall–Kier alpha value is -0.780. The Balaban J connectivity index is 2.88. The standard InChI is InChI=1S/C16H26/c1-5-8-9-15-10-11-16(13(4)6-2)12-14(15)7-3/h10-13H,5-9H2,1-4H3. The number of unbranched alkanes of at least 4 members (excludes halogenated alkanes) is 1. The Labute approximate surface area is 101 Å². The molecule has 0 saturated heterocycles. The fourth-order valence-corrected chi connectivity index (χ4v) is 2.13. The summed E-state index contributed by atoms with van der Waals surface area (Å²) in [6, 6.07) is 7.12. The van der Waals surface area contributed by atoms with E-state index in [0.717, 1.165) is 0 Å². The van der Waals surface area contributed by atoms with Crippen LogP contribution >= 0.6 is 0 Å². The highest BCUT2D eigenvalue weighted by Crippen LogP contribution is 2.23. The second-order valence-corrected chi connectivity index (χ2v) is 4.79.